The Kier molecular flexibility index (Phi) is 2.35. The SMILES string of the molecule is Cc1cc(Cl)c2nc(C(=O)O)c(N=O)n2c1. The number of aryl methyl sites for hydroxylation is 1. The Bertz CT molecular complexity index is 606. The van der Waals surface area contributed by atoms with E-state index >= 15 is 0 Å². The number of aromatic carboxylic acids is 1. The first-order valence-corrected chi connectivity index (χ1v) is 4.67. The van der Waals surface area contributed by atoms with Gasteiger partial charge in [0.05, 0.1) is 5.02 Å². The van der Waals surface area contributed by atoms with Crippen LogP contribution in [0.2, 0.25) is 5.02 Å². The first-order chi connectivity index (χ1) is 7.54. The molecule has 0 aromatic carbocycles. The molecule has 0 saturated heterocycles. The van der Waals surface area contributed by atoms with Crippen molar-refractivity contribution in [2.24, 2.45) is 5.18 Å². The molecule has 0 unspecified atom stereocenters. The van der Waals surface area contributed by atoms with Gasteiger partial charge in [0.25, 0.3) is 0 Å². The Morgan fingerprint density at radius 3 is 2.88 bits per heavy atom. The summed E-state index contributed by atoms with van der Waals surface area (Å²) >= 11 is 5.89. The van der Waals surface area contributed by atoms with Gasteiger partial charge in [-0.1, -0.05) is 11.6 Å². The minimum Gasteiger partial charge on any atom is -0.476 e. The third-order valence-corrected chi connectivity index (χ3v) is 2.35. The van der Waals surface area contributed by atoms with Gasteiger partial charge < -0.3 is 5.11 Å². The van der Waals surface area contributed by atoms with E-state index in [1.165, 1.54) is 4.40 Å². The summed E-state index contributed by atoms with van der Waals surface area (Å²) in [5.41, 5.74) is 0.582. The predicted octanol–water partition coefficient (Wildman–Crippen LogP) is 2.39. The fraction of sp³-hybridized carbons (Fsp3) is 0.111. The van der Waals surface area contributed by atoms with Crippen molar-refractivity contribution in [3.05, 3.63) is 33.5 Å². The van der Waals surface area contributed by atoms with Gasteiger partial charge in [-0.25, -0.2) is 9.78 Å². The van der Waals surface area contributed by atoms with Crippen LogP contribution in [0.4, 0.5) is 5.82 Å². The highest BCUT2D eigenvalue weighted by molar-refractivity contribution is 6.33. The van der Waals surface area contributed by atoms with Crippen molar-refractivity contribution >= 4 is 29.0 Å². The molecule has 0 atom stereocenters. The Morgan fingerprint density at radius 2 is 2.31 bits per heavy atom. The van der Waals surface area contributed by atoms with Crippen LogP contribution in [0.15, 0.2) is 17.4 Å². The standard InChI is InChI=1S/C9H6ClN3O3/c1-4-2-5(10)7-11-6(9(14)15)8(12-16)13(7)3-4/h2-3H,1H3,(H,14,15). The summed E-state index contributed by atoms with van der Waals surface area (Å²) in [5.74, 6) is -1.57. The normalized spacial score (nSPS) is 10.6. The van der Waals surface area contributed by atoms with Crippen LogP contribution in [0, 0.1) is 11.8 Å². The molecule has 0 aliphatic heterocycles. The zero-order valence-corrected chi connectivity index (χ0v) is 8.89. The topological polar surface area (TPSA) is 84.0 Å². The maximum atomic E-state index is 10.8. The lowest BCUT2D eigenvalue weighted by molar-refractivity contribution is 0.0692. The number of fused-ring (bicyclic) bond motifs is 1. The van der Waals surface area contributed by atoms with E-state index in [0.29, 0.717) is 0 Å². The van der Waals surface area contributed by atoms with Gasteiger partial charge in [0.1, 0.15) is 0 Å². The van der Waals surface area contributed by atoms with Gasteiger partial charge in [0.15, 0.2) is 11.3 Å². The van der Waals surface area contributed by atoms with Crippen molar-refractivity contribution in [2.45, 2.75) is 6.92 Å². The Balaban J connectivity index is 2.92. The Labute approximate surface area is 94.5 Å². The highest BCUT2D eigenvalue weighted by Crippen LogP contribution is 2.26. The van der Waals surface area contributed by atoms with Gasteiger partial charge >= 0.3 is 5.97 Å². The number of imidazole rings is 1. The van der Waals surface area contributed by atoms with Crippen molar-refractivity contribution < 1.29 is 9.90 Å². The fourth-order valence-corrected chi connectivity index (χ4v) is 1.76. The van der Waals surface area contributed by atoms with E-state index in [2.05, 4.69) is 10.2 Å². The lowest BCUT2D eigenvalue weighted by atomic mass is 10.3. The van der Waals surface area contributed by atoms with Crippen molar-refractivity contribution in [3.63, 3.8) is 0 Å². The van der Waals surface area contributed by atoms with Gasteiger partial charge in [0, 0.05) is 6.20 Å². The molecule has 0 fully saturated rings. The molecule has 0 saturated carbocycles. The number of pyridine rings is 1. The molecule has 7 heteroatoms. The van der Waals surface area contributed by atoms with E-state index in [9.17, 15) is 9.70 Å². The summed E-state index contributed by atoms with van der Waals surface area (Å²) in [4.78, 5) is 25.2. The molecule has 2 aromatic heterocycles. The lowest BCUT2D eigenvalue weighted by Gasteiger charge is -1.98. The van der Waals surface area contributed by atoms with E-state index in [0.717, 1.165) is 5.56 Å². The smallest absolute Gasteiger partial charge is 0.358 e. The number of halogens is 1. The molecule has 1 N–H and O–H groups in total. The molecular formula is C9H6ClN3O3. The number of aromatic nitrogens is 2. The van der Waals surface area contributed by atoms with E-state index in [1.807, 2.05) is 0 Å². The third kappa shape index (κ3) is 1.43. The molecule has 2 rings (SSSR count). The van der Waals surface area contributed by atoms with Crippen molar-refractivity contribution in [1.82, 2.24) is 9.38 Å². The summed E-state index contributed by atoms with van der Waals surface area (Å²) in [7, 11) is 0. The summed E-state index contributed by atoms with van der Waals surface area (Å²) in [6.07, 6.45) is 1.55. The zero-order valence-electron chi connectivity index (χ0n) is 8.14. The molecule has 0 amide bonds. The average Bonchev–Trinajstić information content (AvgIpc) is 2.56. The number of carbonyl (C=O) groups is 1. The minimum atomic E-state index is -1.31. The second kappa shape index (κ2) is 3.57. The zero-order chi connectivity index (χ0) is 11.9. The van der Waals surface area contributed by atoms with Gasteiger partial charge in [-0.2, -0.15) is 0 Å². The van der Waals surface area contributed by atoms with Gasteiger partial charge in [-0.15, -0.1) is 4.91 Å². The highest BCUT2D eigenvalue weighted by Gasteiger charge is 2.20. The number of nitrogens with zero attached hydrogens (tertiary/aromatic N) is 3. The maximum Gasteiger partial charge on any atom is 0.358 e. The summed E-state index contributed by atoms with van der Waals surface area (Å²) in [6.45, 7) is 1.76. The van der Waals surface area contributed by atoms with E-state index in [-0.39, 0.29) is 16.5 Å². The Morgan fingerprint density at radius 1 is 1.62 bits per heavy atom. The molecule has 6 nitrogen and oxygen atoms in total. The van der Waals surface area contributed by atoms with Crippen molar-refractivity contribution in [2.75, 3.05) is 0 Å². The van der Waals surface area contributed by atoms with Crippen LogP contribution >= 0.6 is 11.6 Å². The van der Waals surface area contributed by atoms with Crippen LogP contribution in [0.25, 0.3) is 5.65 Å². The first-order valence-electron chi connectivity index (χ1n) is 4.29. The van der Waals surface area contributed by atoms with Gasteiger partial charge in [0.2, 0.25) is 5.82 Å². The van der Waals surface area contributed by atoms with E-state index in [1.54, 1.807) is 19.2 Å². The summed E-state index contributed by atoms with van der Waals surface area (Å²) < 4.78 is 1.27. The van der Waals surface area contributed by atoms with Gasteiger partial charge in [-0.3, -0.25) is 4.40 Å². The van der Waals surface area contributed by atoms with Crippen LogP contribution in [0.5, 0.6) is 0 Å². The number of rotatable bonds is 2. The van der Waals surface area contributed by atoms with Crippen LogP contribution in [-0.4, -0.2) is 20.5 Å². The molecule has 0 radical (unpaired) electrons. The summed E-state index contributed by atoms with van der Waals surface area (Å²) in [5, 5.41) is 11.8. The van der Waals surface area contributed by atoms with Gasteiger partial charge in [-0.05, 0) is 23.7 Å². The molecule has 0 bridgehead atoms. The average molecular weight is 240 g/mol. The number of nitroso groups, excluding NO2 is 1. The quantitative estimate of drug-likeness (QED) is 0.816. The molecule has 16 heavy (non-hydrogen) atoms. The summed E-state index contributed by atoms with van der Waals surface area (Å²) in [6, 6.07) is 1.63. The molecule has 0 spiro atoms. The Hall–Kier alpha value is -1.95. The van der Waals surface area contributed by atoms with Crippen LogP contribution in [0.3, 0.4) is 0 Å². The molecule has 2 aromatic rings. The van der Waals surface area contributed by atoms with Crippen LogP contribution < -0.4 is 0 Å². The molecule has 0 aliphatic rings. The largest absolute Gasteiger partial charge is 0.476 e. The number of hydrogen-bond acceptors (Lipinski definition) is 4. The van der Waals surface area contributed by atoms with Crippen molar-refractivity contribution in [1.29, 1.82) is 0 Å². The van der Waals surface area contributed by atoms with Crippen LogP contribution in [-0.2, 0) is 0 Å². The van der Waals surface area contributed by atoms with Crippen molar-refractivity contribution in [3.8, 4) is 0 Å². The third-order valence-electron chi connectivity index (χ3n) is 2.08. The lowest BCUT2D eigenvalue weighted by Crippen LogP contribution is -1.96. The van der Waals surface area contributed by atoms with Crippen LogP contribution in [0.1, 0.15) is 16.1 Å². The fourth-order valence-electron chi connectivity index (χ4n) is 1.45. The maximum absolute atomic E-state index is 10.8. The second-order valence-corrected chi connectivity index (χ2v) is 3.65. The minimum absolute atomic E-state index is 0.208. The molecular weight excluding hydrogens is 234 g/mol. The molecule has 82 valence electrons. The molecule has 2 heterocycles. The number of hydrogen-bond donors (Lipinski definition) is 1. The number of carboxylic acids is 1. The monoisotopic (exact) mass is 239 g/mol. The number of carboxylic acid groups (broad SMARTS) is 1. The van der Waals surface area contributed by atoms with E-state index in [4.69, 9.17) is 16.7 Å². The predicted molar refractivity (Wildman–Crippen MR) is 57.4 cm³/mol. The second-order valence-electron chi connectivity index (χ2n) is 3.24. The highest BCUT2D eigenvalue weighted by atomic mass is 35.5. The van der Waals surface area contributed by atoms with E-state index < -0.39 is 11.7 Å². The first kappa shape index (κ1) is 10.6. The molecule has 0 aliphatic carbocycles.